The molecule has 7 nitrogen and oxygen atoms in total. The van der Waals surface area contributed by atoms with E-state index in [1.807, 2.05) is 19.1 Å². The first-order valence-corrected chi connectivity index (χ1v) is 12.3. The number of aliphatic hydroxyl groups excluding tert-OH is 1. The molecule has 8 heteroatoms. The Morgan fingerprint density at radius 1 is 1.16 bits per heavy atom. The van der Waals surface area contributed by atoms with Gasteiger partial charge in [0.2, 0.25) is 15.9 Å². The van der Waals surface area contributed by atoms with Crippen LogP contribution in [0.15, 0.2) is 47.4 Å². The summed E-state index contributed by atoms with van der Waals surface area (Å²) in [5, 5.41) is 16.7. The van der Waals surface area contributed by atoms with Gasteiger partial charge in [-0.2, -0.15) is 0 Å². The Morgan fingerprint density at radius 2 is 1.94 bits per heavy atom. The van der Waals surface area contributed by atoms with Crippen molar-refractivity contribution in [1.29, 1.82) is 0 Å². The molecule has 2 aromatic carbocycles. The van der Waals surface area contributed by atoms with E-state index in [-0.39, 0.29) is 16.8 Å². The molecule has 4 N–H and O–H groups in total. The second-order valence-corrected chi connectivity index (χ2v) is 9.97. The molecule has 31 heavy (non-hydrogen) atoms. The topological polar surface area (TPSA) is 108 Å². The molecule has 0 radical (unpaired) electrons. The van der Waals surface area contributed by atoms with Crippen LogP contribution < -0.4 is 15.4 Å². The van der Waals surface area contributed by atoms with Crippen LogP contribution in [0.5, 0.6) is 0 Å². The quantitative estimate of drug-likeness (QED) is 0.548. The maximum Gasteiger partial charge on any atom is 0.241 e. The lowest BCUT2D eigenvalue weighted by Gasteiger charge is -2.31. The fourth-order valence-electron chi connectivity index (χ4n) is 4.29. The lowest BCUT2D eigenvalue weighted by molar-refractivity contribution is -0.117. The summed E-state index contributed by atoms with van der Waals surface area (Å²) in [7, 11) is -3.82. The van der Waals surface area contributed by atoms with E-state index < -0.39 is 22.2 Å². The molecule has 0 bridgehead atoms. The minimum absolute atomic E-state index is 0.0954. The molecule has 1 aliphatic heterocycles. The van der Waals surface area contributed by atoms with Gasteiger partial charge in [0.05, 0.1) is 23.1 Å². The second-order valence-electron chi connectivity index (χ2n) is 8.25. The molecule has 2 aliphatic rings. The van der Waals surface area contributed by atoms with Crippen molar-refractivity contribution in [2.24, 2.45) is 0 Å². The number of nitrogens with one attached hydrogen (secondary N) is 3. The summed E-state index contributed by atoms with van der Waals surface area (Å²) in [6, 6.07) is 11.3. The van der Waals surface area contributed by atoms with Crippen molar-refractivity contribution in [2.45, 2.75) is 62.1 Å². The molecule has 166 valence electrons. The van der Waals surface area contributed by atoms with Gasteiger partial charge in [0.15, 0.2) is 0 Å². The molecule has 1 aliphatic carbocycles. The Bertz CT molecular complexity index is 1050. The Balaban J connectivity index is 1.58. The van der Waals surface area contributed by atoms with Crippen LogP contribution in [0.4, 0.5) is 5.69 Å². The summed E-state index contributed by atoms with van der Waals surface area (Å²) < 4.78 is 28.7. The molecule has 1 heterocycles. The number of amides is 1. The fourth-order valence-corrected chi connectivity index (χ4v) is 5.54. The van der Waals surface area contributed by atoms with Crippen molar-refractivity contribution in [2.75, 3.05) is 11.9 Å². The first-order valence-electron chi connectivity index (χ1n) is 10.8. The van der Waals surface area contributed by atoms with Gasteiger partial charge in [-0.3, -0.25) is 4.79 Å². The van der Waals surface area contributed by atoms with Crippen LogP contribution in [-0.4, -0.2) is 38.1 Å². The maximum absolute atomic E-state index is 13.0. The summed E-state index contributed by atoms with van der Waals surface area (Å²) in [4.78, 5) is 12.6. The van der Waals surface area contributed by atoms with Gasteiger partial charge in [0.25, 0.3) is 0 Å². The van der Waals surface area contributed by atoms with E-state index in [1.54, 1.807) is 30.3 Å². The summed E-state index contributed by atoms with van der Waals surface area (Å²) >= 11 is 0. The molecule has 1 amide bonds. The van der Waals surface area contributed by atoms with Crippen LogP contribution >= 0.6 is 0 Å². The molecule has 0 aromatic heterocycles. The highest BCUT2D eigenvalue weighted by Gasteiger charge is 2.32. The van der Waals surface area contributed by atoms with Crippen molar-refractivity contribution in [3.63, 3.8) is 0 Å². The van der Waals surface area contributed by atoms with Crippen LogP contribution in [0.2, 0.25) is 0 Å². The van der Waals surface area contributed by atoms with Gasteiger partial charge in [-0.25, -0.2) is 13.1 Å². The molecular formula is C23H29N3O4S. The third-order valence-electron chi connectivity index (χ3n) is 6.14. The standard InChI is InChI=1S/C23H29N3O4S/c1-2-15-5-10-18(11-6-15)31(29,30)26-22-19-14-17(9-7-16(19)8-12-21(22)27)25-23(28)20-4-3-13-24-20/h5-7,9-11,14,20-22,24,26-27H,2-4,8,12-13H2,1H3,(H,25,28)/t20?,21-,22-/m1/s1. The van der Waals surface area contributed by atoms with E-state index in [0.717, 1.165) is 36.9 Å². The van der Waals surface area contributed by atoms with Crippen molar-refractivity contribution >= 4 is 21.6 Å². The highest BCUT2D eigenvalue weighted by Crippen LogP contribution is 2.33. The van der Waals surface area contributed by atoms with E-state index in [1.165, 1.54) is 0 Å². The zero-order valence-corrected chi connectivity index (χ0v) is 18.4. The van der Waals surface area contributed by atoms with Gasteiger partial charge in [0, 0.05) is 5.69 Å². The van der Waals surface area contributed by atoms with E-state index in [4.69, 9.17) is 0 Å². The molecule has 2 aromatic rings. The van der Waals surface area contributed by atoms with Gasteiger partial charge in [0.1, 0.15) is 0 Å². The lowest BCUT2D eigenvalue weighted by atomic mass is 9.86. The van der Waals surface area contributed by atoms with Crippen LogP contribution in [0, 0.1) is 0 Å². The monoisotopic (exact) mass is 443 g/mol. The normalized spacial score (nSPS) is 23.4. The lowest BCUT2D eigenvalue weighted by Crippen LogP contribution is -2.39. The average Bonchev–Trinajstić information content (AvgIpc) is 3.31. The van der Waals surface area contributed by atoms with E-state index in [0.29, 0.717) is 24.1 Å². The van der Waals surface area contributed by atoms with Gasteiger partial charge in [-0.1, -0.05) is 25.1 Å². The Morgan fingerprint density at radius 3 is 2.61 bits per heavy atom. The molecule has 0 saturated carbocycles. The maximum atomic E-state index is 13.0. The molecule has 1 saturated heterocycles. The van der Waals surface area contributed by atoms with E-state index in [9.17, 15) is 18.3 Å². The largest absolute Gasteiger partial charge is 0.391 e. The predicted molar refractivity (Wildman–Crippen MR) is 119 cm³/mol. The number of hydrogen-bond donors (Lipinski definition) is 4. The van der Waals surface area contributed by atoms with Crippen molar-refractivity contribution in [1.82, 2.24) is 10.0 Å². The van der Waals surface area contributed by atoms with Crippen LogP contribution in [0.1, 0.15) is 48.9 Å². The molecule has 1 fully saturated rings. The number of benzene rings is 2. The number of fused-ring (bicyclic) bond motifs is 1. The number of carbonyl (C=O) groups is 1. The van der Waals surface area contributed by atoms with Gasteiger partial charge in [-0.05, 0) is 79.6 Å². The number of sulfonamides is 1. The zero-order valence-electron chi connectivity index (χ0n) is 17.6. The van der Waals surface area contributed by atoms with Crippen LogP contribution in [0.25, 0.3) is 0 Å². The number of anilines is 1. The molecule has 0 spiro atoms. The number of carbonyl (C=O) groups excluding carboxylic acids is 1. The average molecular weight is 444 g/mol. The Kier molecular flexibility index (Phi) is 6.43. The van der Waals surface area contributed by atoms with E-state index in [2.05, 4.69) is 15.4 Å². The van der Waals surface area contributed by atoms with E-state index >= 15 is 0 Å². The van der Waals surface area contributed by atoms with Crippen molar-refractivity contribution in [3.8, 4) is 0 Å². The first kappa shape index (κ1) is 22.0. The van der Waals surface area contributed by atoms with Gasteiger partial charge in [-0.15, -0.1) is 0 Å². The van der Waals surface area contributed by atoms with Gasteiger partial charge >= 0.3 is 0 Å². The summed E-state index contributed by atoms with van der Waals surface area (Å²) in [5.74, 6) is -0.0954. The fraction of sp³-hybridized carbons (Fsp3) is 0.435. The van der Waals surface area contributed by atoms with Crippen LogP contribution in [-0.2, 0) is 27.7 Å². The molecule has 1 unspecified atom stereocenters. The number of aliphatic hydroxyl groups is 1. The second kappa shape index (κ2) is 9.08. The zero-order chi connectivity index (χ0) is 22.0. The van der Waals surface area contributed by atoms with Crippen molar-refractivity contribution in [3.05, 3.63) is 59.2 Å². The smallest absolute Gasteiger partial charge is 0.241 e. The number of aryl methyl sites for hydroxylation is 2. The van der Waals surface area contributed by atoms with Gasteiger partial charge < -0.3 is 15.7 Å². The molecule has 3 atom stereocenters. The Hall–Kier alpha value is -2.26. The SMILES string of the molecule is CCc1ccc(S(=O)(=O)N[C@@H]2c3cc(NC(=O)C4CCCN4)ccc3CC[C@H]2O)cc1. The third kappa shape index (κ3) is 4.82. The highest BCUT2D eigenvalue weighted by atomic mass is 32.2. The minimum Gasteiger partial charge on any atom is -0.391 e. The Labute approximate surface area is 183 Å². The predicted octanol–water partition coefficient (Wildman–Crippen LogP) is 2.27. The summed E-state index contributed by atoms with van der Waals surface area (Å²) in [6.07, 6.45) is 2.87. The van der Waals surface area contributed by atoms with Crippen molar-refractivity contribution < 1.29 is 18.3 Å². The third-order valence-corrected chi connectivity index (χ3v) is 7.60. The molecular weight excluding hydrogens is 414 g/mol. The van der Waals surface area contributed by atoms with Crippen LogP contribution in [0.3, 0.4) is 0 Å². The minimum atomic E-state index is -3.82. The number of rotatable bonds is 6. The molecule has 4 rings (SSSR count). The summed E-state index contributed by atoms with van der Waals surface area (Å²) in [5.41, 5.74) is 3.32. The number of hydrogen-bond acceptors (Lipinski definition) is 5. The first-order chi connectivity index (χ1) is 14.9. The highest BCUT2D eigenvalue weighted by molar-refractivity contribution is 7.89. The summed E-state index contributed by atoms with van der Waals surface area (Å²) in [6.45, 7) is 2.84.